The van der Waals surface area contributed by atoms with Gasteiger partial charge in [0, 0.05) is 19.7 Å². The summed E-state index contributed by atoms with van der Waals surface area (Å²) in [6, 6.07) is 19.5. The molecule has 0 bridgehead atoms. The van der Waals surface area contributed by atoms with Crippen LogP contribution in [0.1, 0.15) is 66.1 Å². The van der Waals surface area contributed by atoms with Crippen molar-refractivity contribution in [2.45, 2.75) is 56.9 Å². The lowest BCUT2D eigenvalue weighted by atomic mass is 9.84. The van der Waals surface area contributed by atoms with Crippen LogP contribution in [0.2, 0.25) is 0 Å². The third-order valence-corrected chi connectivity index (χ3v) is 7.65. The van der Waals surface area contributed by atoms with Crippen molar-refractivity contribution in [3.05, 3.63) is 89.5 Å². The molecule has 0 spiro atoms. The molecular formula is C33H37F3N2O4. The number of carbonyl (C=O) groups excluding carboxylic acids is 2. The Kier molecular flexibility index (Phi) is 10.3. The summed E-state index contributed by atoms with van der Waals surface area (Å²) in [7, 11) is 3.05. The van der Waals surface area contributed by atoms with Crippen molar-refractivity contribution in [3.8, 4) is 16.9 Å². The van der Waals surface area contributed by atoms with Crippen LogP contribution in [-0.2, 0) is 11.0 Å². The highest BCUT2D eigenvalue weighted by Crippen LogP contribution is 2.36. The van der Waals surface area contributed by atoms with Crippen LogP contribution in [-0.4, -0.2) is 48.6 Å². The van der Waals surface area contributed by atoms with Crippen molar-refractivity contribution in [1.29, 1.82) is 0 Å². The summed E-state index contributed by atoms with van der Waals surface area (Å²) < 4.78 is 45.6. The molecule has 42 heavy (non-hydrogen) atoms. The Hall–Kier alpha value is -3.85. The average molecular weight is 583 g/mol. The van der Waals surface area contributed by atoms with Crippen LogP contribution < -0.4 is 10.1 Å². The Morgan fingerprint density at radius 3 is 2.24 bits per heavy atom. The molecule has 3 aromatic rings. The maximum Gasteiger partial charge on any atom is 0.416 e. The number of hydrogen-bond donors (Lipinski definition) is 2. The Balaban J connectivity index is 1.50. The third-order valence-electron chi connectivity index (χ3n) is 7.65. The Labute approximate surface area is 244 Å². The molecule has 0 radical (unpaired) electrons. The molecule has 4 rings (SSSR count). The lowest BCUT2D eigenvalue weighted by Crippen LogP contribution is -2.42. The van der Waals surface area contributed by atoms with E-state index in [1.807, 2.05) is 24.3 Å². The van der Waals surface area contributed by atoms with Gasteiger partial charge in [-0.1, -0.05) is 62.4 Å². The summed E-state index contributed by atoms with van der Waals surface area (Å²) in [5.74, 6) is 0.163. The molecule has 2 atom stereocenters. The number of aliphatic hydroxyl groups is 1. The normalized spacial score (nSPS) is 15.5. The zero-order valence-corrected chi connectivity index (χ0v) is 23.9. The first-order valence-electron chi connectivity index (χ1n) is 14.2. The van der Waals surface area contributed by atoms with Gasteiger partial charge >= 0.3 is 6.18 Å². The molecule has 6 nitrogen and oxygen atoms in total. The lowest BCUT2D eigenvalue weighted by Gasteiger charge is -2.28. The standard InChI is InChI=1S/C33H37F3N2O4/c1-38(2)32(41)29(39)21-37-31(40)24-13-17-28(18-14-24)42-30(19-22-7-4-3-5-8-22)26-10-6-9-25(20-26)23-11-15-27(16-12-23)33(34,35)36/h6,9-18,20,22,29-30,39H,3-5,7-8,19,21H2,1-2H3,(H,37,40)/t29-,30-/m0/s1. The van der Waals surface area contributed by atoms with E-state index in [1.165, 1.54) is 50.4 Å². The second-order valence-electron chi connectivity index (χ2n) is 11.0. The van der Waals surface area contributed by atoms with Gasteiger partial charge in [0.25, 0.3) is 11.8 Å². The summed E-state index contributed by atoms with van der Waals surface area (Å²) in [6.07, 6.45) is 0.649. The molecule has 9 heteroatoms. The van der Waals surface area contributed by atoms with Gasteiger partial charge in [-0.3, -0.25) is 9.59 Å². The molecule has 2 amide bonds. The number of aliphatic hydroxyl groups excluding tert-OH is 1. The highest BCUT2D eigenvalue weighted by atomic mass is 19.4. The van der Waals surface area contributed by atoms with Crippen molar-refractivity contribution in [1.82, 2.24) is 10.2 Å². The molecule has 2 N–H and O–H groups in total. The van der Waals surface area contributed by atoms with Crippen LogP contribution in [0.15, 0.2) is 72.8 Å². The first-order chi connectivity index (χ1) is 20.0. The number of nitrogens with one attached hydrogen (secondary N) is 1. The summed E-state index contributed by atoms with van der Waals surface area (Å²) >= 11 is 0. The van der Waals surface area contributed by atoms with Crippen LogP contribution in [0.3, 0.4) is 0 Å². The topological polar surface area (TPSA) is 78.9 Å². The van der Waals surface area contributed by atoms with E-state index in [0.717, 1.165) is 42.5 Å². The number of carbonyl (C=O) groups is 2. The third kappa shape index (κ3) is 8.35. The quantitative estimate of drug-likeness (QED) is 0.281. The molecule has 1 aliphatic carbocycles. The number of amides is 2. The fourth-order valence-electron chi connectivity index (χ4n) is 5.27. The SMILES string of the molecule is CN(C)C(=O)[C@@H](O)CNC(=O)c1ccc(O[C@@H](CC2CCCCC2)c2cccc(-c3ccc(C(F)(F)F)cc3)c2)cc1. The van der Waals surface area contributed by atoms with Gasteiger partial charge in [-0.2, -0.15) is 13.2 Å². The van der Waals surface area contributed by atoms with E-state index < -0.39 is 29.7 Å². The van der Waals surface area contributed by atoms with E-state index in [2.05, 4.69) is 5.32 Å². The fourth-order valence-corrected chi connectivity index (χ4v) is 5.27. The van der Waals surface area contributed by atoms with Crippen molar-refractivity contribution in [2.24, 2.45) is 5.92 Å². The first kappa shape index (κ1) is 31.1. The molecule has 3 aromatic carbocycles. The zero-order valence-electron chi connectivity index (χ0n) is 23.9. The maximum atomic E-state index is 13.1. The van der Waals surface area contributed by atoms with Crippen LogP contribution in [0.5, 0.6) is 5.75 Å². The second kappa shape index (κ2) is 13.9. The Morgan fingerprint density at radius 1 is 0.952 bits per heavy atom. The van der Waals surface area contributed by atoms with E-state index in [4.69, 9.17) is 4.74 Å². The summed E-state index contributed by atoms with van der Waals surface area (Å²) in [4.78, 5) is 25.6. The van der Waals surface area contributed by atoms with Gasteiger partial charge in [0.15, 0.2) is 0 Å². The molecule has 0 saturated heterocycles. The monoisotopic (exact) mass is 582 g/mol. The molecule has 224 valence electrons. The van der Waals surface area contributed by atoms with Crippen molar-refractivity contribution in [3.63, 3.8) is 0 Å². The zero-order chi connectivity index (χ0) is 30.3. The van der Waals surface area contributed by atoms with Gasteiger partial charge < -0.3 is 20.1 Å². The molecule has 0 aliphatic heterocycles. The van der Waals surface area contributed by atoms with Gasteiger partial charge in [-0.05, 0) is 71.5 Å². The molecule has 0 unspecified atom stereocenters. The Bertz CT molecular complexity index is 1330. The highest BCUT2D eigenvalue weighted by Gasteiger charge is 2.30. The minimum atomic E-state index is -4.39. The molecular weight excluding hydrogens is 545 g/mol. The number of hydrogen-bond acceptors (Lipinski definition) is 4. The number of likely N-dealkylation sites (N-methyl/N-ethyl adjacent to an activating group) is 1. The number of ether oxygens (including phenoxy) is 1. The average Bonchev–Trinajstić information content (AvgIpc) is 2.99. The number of halogens is 3. The van der Waals surface area contributed by atoms with Crippen molar-refractivity contribution in [2.75, 3.05) is 20.6 Å². The van der Waals surface area contributed by atoms with Crippen LogP contribution in [0, 0.1) is 5.92 Å². The van der Waals surface area contributed by atoms with Gasteiger partial charge in [-0.25, -0.2) is 0 Å². The van der Waals surface area contributed by atoms with E-state index in [0.29, 0.717) is 22.8 Å². The van der Waals surface area contributed by atoms with E-state index in [-0.39, 0.29) is 12.6 Å². The second-order valence-corrected chi connectivity index (χ2v) is 11.0. The highest BCUT2D eigenvalue weighted by molar-refractivity contribution is 5.94. The molecule has 1 fully saturated rings. The largest absolute Gasteiger partial charge is 0.486 e. The van der Waals surface area contributed by atoms with Gasteiger partial charge in [-0.15, -0.1) is 0 Å². The first-order valence-corrected chi connectivity index (χ1v) is 14.2. The van der Waals surface area contributed by atoms with E-state index in [9.17, 15) is 27.9 Å². The Morgan fingerprint density at radius 2 is 1.62 bits per heavy atom. The fraction of sp³-hybridized carbons (Fsp3) is 0.394. The van der Waals surface area contributed by atoms with Gasteiger partial charge in [0.05, 0.1) is 12.1 Å². The molecule has 1 aliphatic rings. The molecule has 0 heterocycles. The number of rotatable bonds is 10. The smallest absolute Gasteiger partial charge is 0.416 e. The van der Waals surface area contributed by atoms with Gasteiger partial charge in [0.2, 0.25) is 0 Å². The van der Waals surface area contributed by atoms with Crippen LogP contribution in [0.4, 0.5) is 13.2 Å². The number of nitrogens with zero attached hydrogens (tertiary/aromatic N) is 1. The molecule has 1 saturated carbocycles. The predicted molar refractivity (Wildman–Crippen MR) is 155 cm³/mol. The van der Waals surface area contributed by atoms with E-state index in [1.54, 1.807) is 24.3 Å². The maximum absolute atomic E-state index is 13.1. The minimum absolute atomic E-state index is 0.202. The van der Waals surface area contributed by atoms with Crippen LogP contribution in [0.25, 0.3) is 11.1 Å². The van der Waals surface area contributed by atoms with Crippen LogP contribution >= 0.6 is 0 Å². The van der Waals surface area contributed by atoms with Crippen molar-refractivity contribution < 1.29 is 32.6 Å². The van der Waals surface area contributed by atoms with Gasteiger partial charge in [0.1, 0.15) is 18.0 Å². The summed E-state index contributed by atoms with van der Waals surface area (Å²) in [5.41, 5.74) is 2.10. The summed E-state index contributed by atoms with van der Waals surface area (Å²) in [5, 5.41) is 12.5. The minimum Gasteiger partial charge on any atom is -0.486 e. The predicted octanol–water partition coefficient (Wildman–Crippen LogP) is 6.64. The molecule has 0 aromatic heterocycles. The number of benzene rings is 3. The van der Waals surface area contributed by atoms with E-state index >= 15 is 0 Å². The number of alkyl halides is 3. The lowest BCUT2D eigenvalue weighted by molar-refractivity contribution is -0.138. The van der Waals surface area contributed by atoms with Crippen molar-refractivity contribution >= 4 is 11.8 Å². The summed E-state index contributed by atoms with van der Waals surface area (Å²) in [6.45, 7) is -0.202.